The van der Waals surface area contributed by atoms with Crippen molar-refractivity contribution in [3.63, 3.8) is 0 Å². The number of aryl methyl sites for hydroxylation is 1. The molecule has 1 aromatic carbocycles. The van der Waals surface area contributed by atoms with E-state index in [9.17, 15) is 14.7 Å². The molecule has 1 aromatic rings. The number of carbonyl (C=O) groups is 2. The Bertz CT molecular complexity index is 872. The van der Waals surface area contributed by atoms with Crippen LogP contribution in [0.3, 0.4) is 0 Å². The van der Waals surface area contributed by atoms with Gasteiger partial charge in [0.25, 0.3) is 0 Å². The van der Waals surface area contributed by atoms with Crippen LogP contribution in [0.5, 0.6) is 0 Å². The third kappa shape index (κ3) is 5.61. The minimum absolute atomic E-state index is 0.0309. The molecule has 3 rings (SSSR count). The third-order valence-electron chi connectivity index (χ3n) is 7.56. The summed E-state index contributed by atoms with van der Waals surface area (Å²) >= 11 is 0. The number of amides is 1. The summed E-state index contributed by atoms with van der Waals surface area (Å²) < 4.78 is 0. The van der Waals surface area contributed by atoms with E-state index in [0.717, 1.165) is 55.2 Å². The smallest absolute Gasteiger partial charge is 0.303 e. The van der Waals surface area contributed by atoms with E-state index in [1.165, 1.54) is 0 Å². The standard InChI is InChI=1S/C27H39NO4/c1-5-20-16-27(32)12-8-10-21(17-27)24(20)28-25(31)26(3,4)22-14-18(2)13-19(15-22)9-6-7-11-23(29)30/h6,9,13-15,20-21,24,32H,5,7-8,10-12,16-17H2,1-4H3,(H,28,31)(H,29,30)/b9-6+/t20-,21+,24+,27+/m1/s1. The van der Waals surface area contributed by atoms with Crippen molar-refractivity contribution < 1.29 is 19.8 Å². The number of nitrogens with one attached hydrogen (secondary N) is 1. The number of rotatable bonds is 8. The summed E-state index contributed by atoms with van der Waals surface area (Å²) in [5, 5.41) is 23.1. The second-order valence-electron chi connectivity index (χ2n) is 10.5. The van der Waals surface area contributed by atoms with Gasteiger partial charge in [0.15, 0.2) is 0 Å². The van der Waals surface area contributed by atoms with Crippen LogP contribution in [0.1, 0.15) is 88.8 Å². The van der Waals surface area contributed by atoms with Gasteiger partial charge in [-0.25, -0.2) is 0 Å². The number of benzene rings is 1. The van der Waals surface area contributed by atoms with Crippen LogP contribution in [-0.2, 0) is 15.0 Å². The quantitative estimate of drug-likeness (QED) is 0.531. The molecule has 3 N–H and O–H groups in total. The molecule has 0 radical (unpaired) electrons. The van der Waals surface area contributed by atoms with Crippen LogP contribution in [0.4, 0.5) is 0 Å². The SMILES string of the molecule is CC[C@@H]1C[C@@]2(O)CCC[C@@H](C2)[C@H]1NC(=O)C(C)(C)c1cc(C)cc(/C=C/CCC(=O)O)c1. The van der Waals surface area contributed by atoms with E-state index >= 15 is 0 Å². The first kappa shape index (κ1) is 24.5. The van der Waals surface area contributed by atoms with Crippen molar-refractivity contribution in [3.05, 3.63) is 41.0 Å². The fourth-order valence-electron chi connectivity index (χ4n) is 5.67. The van der Waals surface area contributed by atoms with Gasteiger partial charge in [-0.1, -0.05) is 55.7 Å². The monoisotopic (exact) mass is 441 g/mol. The summed E-state index contributed by atoms with van der Waals surface area (Å²) in [5.74, 6) is -0.119. The highest BCUT2D eigenvalue weighted by Crippen LogP contribution is 2.46. The van der Waals surface area contributed by atoms with Gasteiger partial charge in [-0.05, 0) is 75.8 Å². The van der Waals surface area contributed by atoms with Crippen molar-refractivity contribution in [2.45, 2.75) is 96.1 Å². The minimum Gasteiger partial charge on any atom is -0.481 e. The molecule has 2 saturated carbocycles. The van der Waals surface area contributed by atoms with Crippen molar-refractivity contribution in [1.29, 1.82) is 0 Å². The molecule has 0 heterocycles. The van der Waals surface area contributed by atoms with E-state index in [-0.39, 0.29) is 18.4 Å². The lowest BCUT2D eigenvalue weighted by Gasteiger charge is -2.50. The maximum atomic E-state index is 13.5. The molecule has 5 heteroatoms. The lowest BCUT2D eigenvalue weighted by Crippen LogP contribution is -2.58. The molecule has 0 spiro atoms. The van der Waals surface area contributed by atoms with Crippen molar-refractivity contribution >= 4 is 18.0 Å². The lowest BCUT2D eigenvalue weighted by atomic mass is 9.62. The maximum absolute atomic E-state index is 13.5. The molecule has 0 unspecified atom stereocenters. The molecule has 176 valence electrons. The normalized spacial score (nSPS) is 28.0. The Kier molecular flexibility index (Phi) is 7.49. The van der Waals surface area contributed by atoms with Crippen LogP contribution in [0, 0.1) is 18.8 Å². The number of fused-ring (bicyclic) bond motifs is 2. The minimum atomic E-state index is -0.804. The first-order chi connectivity index (χ1) is 15.0. The summed E-state index contributed by atoms with van der Waals surface area (Å²) in [6.45, 7) is 8.11. The van der Waals surface area contributed by atoms with E-state index in [1.54, 1.807) is 0 Å². The number of carboxylic acid groups (broad SMARTS) is 1. The van der Waals surface area contributed by atoms with Gasteiger partial charge in [-0.3, -0.25) is 9.59 Å². The number of hydrogen-bond acceptors (Lipinski definition) is 3. The van der Waals surface area contributed by atoms with E-state index in [0.29, 0.717) is 18.3 Å². The number of carboxylic acids is 1. The highest BCUT2D eigenvalue weighted by molar-refractivity contribution is 5.88. The van der Waals surface area contributed by atoms with Crippen LogP contribution in [0.2, 0.25) is 0 Å². The number of carbonyl (C=O) groups excluding carboxylic acids is 1. The molecular weight excluding hydrogens is 402 g/mol. The first-order valence-corrected chi connectivity index (χ1v) is 12.1. The summed E-state index contributed by atoms with van der Waals surface area (Å²) in [4.78, 5) is 24.3. The summed E-state index contributed by atoms with van der Waals surface area (Å²) in [6, 6.07) is 6.26. The maximum Gasteiger partial charge on any atom is 0.303 e. The Labute approximate surface area is 192 Å². The van der Waals surface area contributed by atoms with Gasteiger partial charge in [0.05, 0.1) is 11.0 Å². The van der Waals surface area contributed by atoms with Crippen LogP contribution in [-0.4, -0.2) is 33.7 Å². The Morgan fingerprint density at radius 1 is 1.25 bits per heavy atom. The predicted octanol–water partition coefficient (Wildman–Crippen LogP) is 4.99. The van der Waals surface area contributed by atoms with Gasteiger partial charge in [0.1, 0.15) is 0 Å². The van der Waals surface area contributed by atoms with Gasteiger partial charge in [0, 0.05) is 12.5 Å². The number of allylic oxidation sites excluding steroid dienone is 1. The number of aliphatic hydroxyl groups is 1. The van der Waals surface area contributed by atoms with Crippen LogP contribution in [0.15, 0.2) is 24.3 Å². The zero-order valence-corrected chi connectivity index (χ0v) is 20.0. The highest BCUT2D eigenvalue weighted by Gasteiger charge is 2.48. The molecule has 2 aliphatic rings. The second kappa shape index (κ2) is 9.78. The second-order valence-corrected chi connectivity index (χ2v) is 10.5. The van der Waals surface area contributed by atoms with E-state index in [1.807, 2.05) is 45.1 Å². The average Bonchev–Trinajstić information content (AvgIpc) is 2.72. The fourth-order valence-corrected chi connectivity index (χ4v) is 5.67. The van der Waals surface area contributed by atoms with Gasteiger partial charge >= 0.3 is 5.97 Å². The largest absolute Gasteiger partial charge is 0.481 e. The summed E-state index contributed by atoms with van der Waals surface area (Å²) in [6.07, 6.45) is 9.92. The van der Waals surface area contributed by atoms with Crippen molar-refractivity contribution in [1.82, 2.24) is 5.32 Å². The highest BCUT2D eigenvalue weighted by atomic mass is 16.4. The summed E-state index contributed by atoms with van der Waals surface area (Å²) in [7, 11) is 0. The number of aliphatic carboxylic acids is 1. The first-order valence-electron chi connectivity index (χ1n) is 12.1. The molecule has 2 bridgehead atoms. The zero-order chi connectivity index (χ0) is 23.5. The van der Waals surface area contributed by atoms with E-state index in [4.69, 9.17) is 5.11 Å². The van der Waals surface area contributed by atoms with Crippen LogP contribution in [0.25, 0.3) is 6.08 Å². The molecule has 2 aliphatic carbocycles. The Morgan fingerprint density at radius 2 is 2.00 bits per heavy atom. The molecule has 5 nitrogen and oxygen atoms in total. The van der Waals surface area contributed by atoms with Gasteiger partial charge < -0.3 is 15.5 Å². The molecule has 2 fully saturated rings. The lowest BCUT2D eigenvalue weighted by molar-refractivity contribution is -0.137. The van der Waals surface area contributed by atoms with E-state index in [2.05, 4.69) is 18.3 Å². The third-order valence-corrected chi connectivity index (χ3v) is 7.56. The number of hydrogen-bond donors (Lipinski definition) is 3. The zero-order valence-electron chi connectivity index (χ0n) is 20.0. The molecule has 0 saturated heterocycles. The molecule has 1 amide bonds. The fraction of sp³-hybridized carbons (Fsp3) is 0.630. The van der Waals surface area contributed by atoms with Gasteiger partial charge in [-0.2, -0.15) is 0 Å². The molecule has 0 aromatic heterocycles. The van der Waals surface area contributed by atoms with Gasteiger partial charge in [-0.15, -0.1) is 0 Å². The molecule has 4 atom stereocenters. The van der Waals surface area contributed by atoms with Crippen LogP contribution >= 0.6 is 0 Å². The van der Waals surface area contributed by atoms with Crippen LogP contribution < -0.4 is 5.32 Å². The average molecular weight is 442 g/mol. The van der Waals surface area contributed by atoms with E-state index < -0.39 is 17.0 Å². The van der Waals surface area contributed by atoms with Crippen molar-refractivity contribution in [2.24, 2.45) is 11.8 Å². The topological polar surface area (TPSA) is 86.6 Å². The Hall–Kier alpha value is -2.14. The van der Waals surface area contributed by atoms with Crippen molar-refractivity contribution in [3.8, 4) is 0 Å². The Morgan fingerprint density at radius 3 is 2.69 bits per heavy atom. The molecular formula is C27H39NO4. The summed E-state index contributed by atoms with van der Waals surface area (Å²) in [5.41, 5.74) is 1.77. The Balaban J connectivity index is 1.76. The predicted molar refractivity (Wildman–Crippen MR) is 127 cm³/mol. The molecule has 0 aliphatic heterocycles. The van der Waals surface area contributed by atoms with Crippen molar-refractivity contribution in [2.75, 3.05) is 0 Å². The van der Waals surface area contributed by atoms with Gasteiger partial charge in [0.2, 0.25) is 5.91 Å². The molecule has 32 heavy (non-hydrogen) atoms.